The summed E-state index contributed by atoms with van der Waals surface area (Å²) in [7, 11) is 0. The molecule has 0 saturated carbocycles. The fourth-order valence-electron chi connectivity index (χ4n) is 1.54. The molecule has 0 N–H and O–H groups in total. The zero-order valence-corrected chi connectivity index (χ0v) is 11.0. The molecule has 0 fully saturated rings. The van der Waals surface area contributed by atoms with E-state index in [4.69, 9.17) is 34.4 Å². The van der Waals surface area contributed by atoms with Crippen LogP contribution in [-0.4, -0.2) is 0 Å². The Labute approximate surface area is 116 Å². The van der Waals surface area contributed by atoms with Gasteiger partial charge in [-0.1, -0.05) is 59.5 Å². The van der Waals surface area contributed by atoms with Gasteiger partial charge in [0.2, 0.25) is 0 Å². The lowest BCUT2D eigenvalue weighted by Gasteiger charge is -2.11. The highest BCUT2D eigenvalue weighted by Gasteiger charge is 2.11. The highest BCUT2D eigenvalue weighted by Crippen LogP contribution is 2.33. The molecular weight excluding hydrogens is 267 g/mol. The second kappa shape index (κ2) is 5.82. The molecule has 0 saturated heterocycles. The van der Waals surface area contributed by atoms with E-state index in [0.717, 1.165) is 5.56 Å². The average Bonchev–Trinajstić information content (AvgIpc) is 2.41. The summed E-state index contributed by atoms with van der Waals surface area (Å²) in [4.78, 5) is 0. The first-order chi connectivity index (χ1) is 8.72. The first-order valence-corrected chi connectivity index (χ1v) is 6.09. The maximum atomic E-state index is 6.07. The summed E-state index contributed by atoms with van der Waals surface area (Å²) in [5, 5.41) is 0.924. The van der Waals surface area contributed by atoms with Crippen molar-refractivity contribution in [2.24, 2.45) is 0 Å². The molecule has 2 rings (SSSR count). The molecule has 0 aliphatic rings. The van der Waals surface area contributed by atoms with Crippen molar-refractivity contribution in [3.63, 3.8) is 0 Å². The van der Waals surface area contributed by atoms with Crippen LogP contribution in [0.2, 0.25) is 10.0 Å². The second-order valence-electron chi connectivity index (χ2n) is 3.65. The maximum Gasteiger partial charge on any atom is 0.155 e. The fourth-order valence-corrected chi connectivity index (χ4v) is 1.95. The topological polar surface area (TPSA) is 9.23 Å². The highest BCUT2D eigenvalue weighted by molar-refractivity contribution is 6.35. The van der Waals surface area contributed by atoms with Gasteiger partial charge >= 0.3 is 0 Å². The lowest BCUT2D eigenvalue weighted by molar-refractivity contribution is 0.305. The van der Waals surface area contributed by atoms with Crippen LogP contribution in [-0.2, 0) is 6.61 Å². The van der Waals surface area contributed by atoms with Crippen LogP contribution in [0.5, 0.6) is 5.75 Å². The van der Waals surface area contributed by atoms with Gasteiger partial charge in [-0.05, 0) is 17.7 Å². The van der Waals surface area contributed by atoms with E-state index < -0.39 is 0 Å². The van der Waals surface area contributed by atoms with Gasteiger partial charge in [-0.15, -0.1) is 6.42 Å². The summed E-state index contributed by atoms with van der Waals surface area (Å²) in [5.41, 5.74) is 1.52. The Hall–Kier alpha value is -1.62. The number of hydrogen-bond donors (Lipinski definition) is 0. The van der Waals surface area contributed by atoms with Crippen molar-refractivity contribution in [1.29, 1.82) is 0 Å². The lowest BCUT2D eigenvalue weighted by atomic mass is 10.2. The summed E-state index contributed by atoms with van der Waals surface area (Å²) in [5.74, 6) is 2.95. The summed E-state index contributed by atoms with van der Waals surface area (Å²) in [6.45, 7) is 0.398. The minimum absolute atomic E-state index is 0.398. The Balaban J connectivity index is 2.25. The van der Waals surface area contributed by atoms with E-state index in [1.165, 1.54) is 0 Å². The van der Waals surface area contributed by atoms with Gasteiger partial charge in [0, 0.05) is 0 Å². The number of halogens is 2. The summed E-state index contributed by atoms with van der Waals surface area (Å²) in [6, 6.07) is 13.1. The Morgan fingerprint density at radius 1 is 1.00 bits per heavy atom. The zero-order valence-electron chi connectivity index (χ0n) is 9.49. The predicted molar refractivity (Wildman–Crippen MR) is 75.2 cm³/mol. The number of rotatable bonds is 3. The van der Waals surface area contributed by atoms with Gasteiger partial charge in [0.05, 0.1) is 15.6 Å². The summed E-state index contributed by atoms with van der Waals surface area (Å²) in [6.07, 6.45) is 5.42. The molecule has 3 heteroatoms. The average molecular weight is 277 g/mol. The van der Waals surface area contributed by atoms with Gasteiger partial charge in [0.15, 0.2) is 5.75 Å². The Morgan fingerprint density at radius 2 is 1.67 bits per heavy atom. The lowest BCUT2D eigenvalue weighted by Crippen LogP contribution is -1.98. The zero-order chi connectivity index (χ0) is 13.0. The number of benzene rings is 2. The van der Waals surface area contributed by atoms with Crippen molar-refractivity contribution in [2.45, 2.75) is 6.61 Å². The van der Waals surface area contributed by atoms with Crippen molar-refractivity contribution >= 4 is 23.2 Å². The largest absolute Gasteiger partial charge is 0.486 e. The van der Waals surface area contributed by atoms with E-state index >= 15 is 0 Å². The van der Waals surface area contributed by atoms with Crippen LogP contribution in [0.1, 0.15) is 11.1 Å². The molecular formula is C15H10Cl2O. The van der Waals surface area contributed by atoms with Gasteiger partial charge in [0.25, 0.3) is 0 Å². The molecule has 0 atom stereocenters. The number of hydrogen-bond acceptors (Lipinski definition) is 1. The smallest absolute Gasteiger partial charge is 0.155 e. The number of ether oxygens (including phenoxy) is 1. The third-order valence-electron chi connectivity index (χ3n) is 2.43. The first-order valence-electron chi connectivity index (χ1n) is 5.33. The van der Waals surface area contributed by atoms with Crippen LogP contribution in [0.4, 0.5) is 0 Å². The molecule has 90 valence electrons. The quantitative estimate of drug-likeness (QED) is 0.747. The SMILES string of the molecule is C#Cc1c(Cl)ccc(Cl)c1OCc1ccccc1. The van der Waals surface area contributed by atoms with E-state index in [1.54, 1.807) is 12.1 Å². The maximum absolute atomic E-state index is 6.07. The molecule has 2 aromatic rings. The summed E-state index contributed by atoms with van der Waals surface area (Å²) >= 11 is 12.1. The van der Waals surface area contributed by atoms with E-state index in [1.807, 2.05) is 30.3 Å². The summed E-state index contributed by atoms with van der Waals surface area (Å²) < 4.78 is 5.67. The van der Waals surface area contributed by atoms with E-state index in [9.17, 15) is 0 Å². The standard InChI is InChI=1S/C15H10Cl2O/c1-2-12-13(16)8-9-14(17)15(12)18-10-11-6-4-3-5-7-11/h1,3-9H,10H2. The Morgan fingerprint density at radius 3 is 2.33 bits per heavy atom. The highest BCUT2D eigenvalue weighted by atomic mass is 35.5. The third-order valence-corrected chi connectivity index (χ3v) is 3.04. The Kier molecular flexibility index (Phi) is 4.15. The van der Waals surface area contributed by atoms with Crippen molar-refractivity contribution < 1.29 is 4.74 Å². The minimum atomic E-state index is 0.398. The first kappa shape index (κ1) is 12.8. The molecule has 18 heavy (non-hydrogen) atoms. The second-order valence-corrected chi connectivity index (χ2v) is 4.47. The minimum Gasteiger partial charge on any atom is -0.486 e. The molecule has 0 amide bonds. The molecule has 2 aromatic carbocycles. The molecule has 0 unspecified atom stereocenters. The molecule has 0 aliphatic heterocycles. The van der Waals surface area contributed by atoms with E-state index in [0.29, 0.717) is 28.0 Å². The molecule has 0 radical (unpaired) electrons. The molecule has 0 heterocycles. The van der Waals surface area contributed by atoms with Crippen LogP contribution in [0.15, 0.2) is 42.5 Å². The van der Waals surface area contributed by atoms with Crippen LogP contribution in [0.3, 0.4) is 0 Å². The van der Waals surface area contributed by atoms with Gasteiger partial charge < -0.3 is 4.74 Å². The monoisotopic (exact) mass is 276 g/mol. The number of terminal acetylenes is 1. The van der Waals surface area contributed by atoms with Gasteiger partial charge in [-0.25, -0.2) is 0 Å². The van der Waals surface area contributed by atoms with Gasteiger partial charge in [-0.3, -0.25) is 0 Å². The molecule has 0 spiro atoms. The van der Waals surface area contributed by atoms with Crippen molar-refractivity contribution in [3.8, 4) is 18.1 Å². The van der Waals surface area contributed by atoms with Crippen molar-refractivity contribution in [2.75, 3.05) is 0 Å². The molecule has 1 nitrogen and oxygen atoms in total. The normalized spacial score (nSPS) is 9.83. The van der Waals surface area contributed by atoms with Crippen LogP contribution in [0, 0.1) is 12.3 Å². The Bertz CT molecular complexity index is 585. The van der Waals surface area contributed by atoms with Crippen LogP contribution in [0.25, 0.3) is 0 Å². The van der Waals surface area contributed by atoms with Crippen molar-refractivity contribution in [3.05, 3.63) is 63.6 Å². The predicted octanol–water partition coefficient (Wildman–Crippen LogP) is 4.55. The van der Waals surface area contributed by atoms with Crippen LogP contribution < -0.4 is 4.74 Å². The molecule has 0 aromatic heterocycles. The van der Waals surface area contributed by atoms with E-state index in [2.05, 4.69) is 5.92 Å². The third kappa shape index (κ3) is 2.79. The van der Waals surface area contributed by atoms with Crippen molar-refractivity contribution in [1.82, 2.24) is 0 Å². The van der Waals surface area contributed by atoms with E-state index in [-0.39, 0.29) is 0 Å². The van der Waals surface area contributed by atoms with Crippen LogP contribution >= 0.6 is 23.2 Å². The molecule has 0 bridgehead atoms. The van der Waals surface area contributed by atoms with Gasteiger partial charge in [0.1, 0.15) is 6.61 Å². The fraction of sp³-hybridized carbons (Fsp3) is 0.0667. The molecule has 0 aliphatic carbocycles. The van der Waals surface area contributed by atoms with Gasteiger partial charge in [-0.2, -0.15) is 0 Å².